The number of hydrogen-bond acceptors (Lipinski definition) is 6. The second-order valence-electron chi connectivity index (χ2n) is 9.96. The fraction of sp³-hybridized carbons (Fsp3) is 0.630. The second kappa shape index (κ2) is 12.2. The predicted molar refractivity (Wildman–Crippen MR) is 132 cm³/mol. The largest absolute Gasteiger partial charge is 0.465 e. The van der Waals surface area contributed by atoms with E-state index in [1.807, 2.05) is 12.1 Å². The standard InChI is InChI=1S/C27H39N3O5/c1-18(31)35-27(26(33)34-2,22-11-7-4-8-12-22)30-25(32)23(20-9-5-3-6-10-20)17-19-13-15-21(16-14-19)24(28)29/h13-16,20,22-23H,3-12,17H2,1-2H3,(H3,28,29)(H,30,32)/t23-,27?/m0/s1. The Bertz CT molecular complexity index is 904. The number of amidine groups is 1. The van der Waals surface area contributed by atoms with Gasteiger partial charge in [-0.2, -0.15) is 0 Å². The quantitative estimate of drug-likeness (QED) is 0.211. The molecule has 2 aliphatic carbocycles. The van der Waals surface area contributed by atoms with Gasteiger partial charge in [-0.1, -0.05) is 62.8 Å². The molecule has 1 aromatic carbocycles. The molecule has 1 aromatic rings. The highest BCUT2D eigenvalue weighted by atomic mass is 16.6. The van der Waals surface area contributed by atoms with Crippen LogP contribution in [0, 0.1) is 23.2 Å². The Morgan fingerprint density at radius 3 is 2.11 bits per heavy atom. The van der Waals surface area contributed by atoms with Gasteiger partial charge in [0.1, 0.15) is 5.84 Å². The van der Waals surface area contributed by atoms with Gasteiger partial charge < -0.3 is 20.5 Å². The lowest BCUT2D eigenvalue weighted by atomic mass is 9.76. The summed E-state index contributed by atoms with van der Waals surface area (Å²) in [5, 5.41) is 10.5. The fourth-order valence-electron chi connectivity index (χ4n) is 5.72. The van der Waals surface area contributed by atoms with Crippen molar-refractivity contribution in [3.05, 3.63) is 35.4 Å². The van der Waals surface area contributed by atoms with Crippen LogP contribution in [0.25, 0.3) is 0 Å². The van der Waals surface area contributed by atoms with Gasteiger partial charge in [-0.25, -0.2) is 4.79 Å². The van der Waals surface area contributed by atoms with Crippen molar-refractivity contribution in [1.29, 1.82) is 5.41 Å². The summed E-state index contributed by atoms with van der Waals surface area (Å²) in [4.78, 5) is 39.2. The van der Waals surface area contributed by atoms with Gasteiger partial charge in [0.25, 0.3) is 5.72 Å². The second-order valence-corrected chi connectivity index (χ2v) is 9.96. The average Bonchev–Trinajstić information content (AvgIpc) is 2.87. The lowest BCUT2D eigenvalue weighted by molar-refractivity contribution is -0.196. The smallest absolute Gasteiger partial charge is 0.372 e. The summed E-state index contributed by atoms with van der Waals surface area (Å²) in [5.74, 6) is -2.22. The zero-order valence-corrected chi connectivity index (χ0v) is 20.9. The molecular formula is C27H39N3O5. The summed E-state index contributed by atoms with van der Waals surface area (Å²) in [6.07, 6.45) is 9.81. The third-order valence-corrected chi connectivity index (χ3v) is 7.56. The lowest BCUT2D eigenvalue weighted by Crippen LogP contribution is -2.64. The van der Waals surface area contributed by atoms with Crippen molar-refractivity contribution >= 4 is 23.7 Å². The molecule has 0 bridgehead atoms. The van der Waals surface area contributed by atoms with Crippen LogP contribution in [0.4, 0.5) is 0 Å². The number of carbonyl (C=O) groups excluding carboxylic acids is 3. The monoisotopic (exact) mass is 485 g/mol. The Balaban J connectivity index is 1.92. The summed E-state index contributed by atoms with van der Waals surface area (Å²) in [5.41, 5.74) is 5.35. The van der Waals surface area contributed by atoms with Gasteiger partial charge in [0, 0.05) is 24.3 Å². The number of amides is 1. The van der Waals surface area contributed by atoms with Gasteiger partial charge in [0.2, 0.25) is 5.91 Å². The van der Waals surface area contributed by atoms with E-state index in [9.17, 15) is 14.4 Å². The van der Waals surface area contributed by atoms with E-state index in [2.05, 4.69) is 5.32 Å². The summed E-state index contributed by atoms with van der Waals surface area (Å²) >= 11 is 0. The summed E-state index contributed by atoms with van der Waals surface area (Å²) in [6, 6.07) is 7.35. The Kier molecular flexibility index (Phi) is 9.29. The van der Waals surface area contributed by atoms with Gasteiger partial charge in [-0.05, 0) is 43.6 Å². The maximum Gasteiger partial charge on any atom is 0.372 e. The van der Waals surface area contributed by atoms with Gasteiger partial charge >= 0.3 is 11.9 Å². The molecule has 8 nitrogen and oxygen atoms in total. The van der Waals surface area contributed by atoms with Crippen LogP contribution in [0.2, 0.25) is 0 Å². The molecule has 2 atom stereocenters. The Hall–Kier alpha value is -2.90. The van der Waals surface area contributed by atoms with E-state index in [-0.39, 0.29) is 29.5 Å². The first-order valence-corrected chi connectivity index (χ1v) is 12.8. The zero-order valence-electron chi connectivity index (χ0n) is 20.9. The van der Waals surface area contributed by atoms with Crippen molar-refractivity contribution in [2.45, 2.75) is 83.3 Å². The Labute approximate surface area is 207 Å². The van der Waals surface area contributed by atoms with Crippen LogP contribution < -0.4 is 11.1 Å². The maximum absolute atomic E-state index is 13.9. The van der Waals surface area contributed by atoms with E-state index in [4.69, 9.17) is 20.6 Å². The van der Waals surface area contributed by atoms with E-state index in [0.717, 1.165) is 56.9 Å². The van der Waals surface area contributed by atoms with Crippen LogP contribution in [0.1, 0.15) is 82.3 Å². The van der Waals surface area contributed by atoms with Crippen LogP contribution in [-0.2, 0) is 30.3 Å². The summed E-state index contributed by atoms with van der Waals surface area (Å²) < 4.78 is 10.7. The van der Waals surface area contributed by atoms with Gasteiger partial charge in [0.05, 0.1) is 7.11 Å². The van der Waals surface area contributed by atoms with Crippen molar-refractivity contribution in [3.8, 4) is 0 Å². The van der Waals surface area contributed by atoms with Crippen molar-refractivity contribution in [2.24, 2.45) is 23.5 Å². The molecule has 192 valence electrons. The molecule has 35 heavy (non-hydrogen) atoms. The number of nitrogens with one attached hydrogen (secondary N) is 2. The normalized spacial score (nSPS) is 19.7. The molecule has 0 heterocycles. The number of rotatable bonds is 9. The number of carbonyl (C=O) groups is 3. The van der Waals surface area contributed by atoms with E-state index < -0.39 is 17.7 Å². The third-order valence-electron chi connectivity index (χ3n) is 7.56. The van der Waals surface area contributed by atoms with Crippen LogP contribution in [0.5, 0.6) is 0 Å². The number of nitrogens with two attached hydrogens (primary N) is 1. The maximum atomic E-state index is 13.9. The number of ether oxygens (including phenoxy) is 2. The Morgan fingerprint density at radius 2 is 1.60 bits per heavy atom. The molecule has 0 radical (unpaired) electrons. The van der Waals surface area contributed by atoms with Crippen LogP contribution in [0.15, 0.2) is 24.3 Å². The highest BCUT2D eigenvalue weighted by Gasteiger charge is 2.52. The zero-order chi connectivity index (χ0) is 25.4. The molecule has 3 rings (SSSR count). The number of hydrogen-bond donors (Lipinski definition) is 3. The molecule has 0 aliphatic heterocycles. The molecule has 0 aromatic heterocycles. The summed E-state index contributed by atoms with van der Waals surface area (Å²) in [6.45, 7) is 1.25. The van der Waals surface area contributed by atoms with Crippen LogP contribution in [-0.4, -0.2) is 36.5 Å². The number of nitrogen functional groups attached to an aromatic ring is 1. The SMILES string of the molecule is COC(=O)C(NC(=O)[C@@H](Cc1ccc(C(=N)N)cc1)C1CCCCC1)(OC(C)=O)C1CCCCC1. The topological polar surface area (TPSA) is 132 Å². The first-order chi connectivity index (χ1) is 16.8. The van der Waals surface area contributed by atoms with Gasteiger partial charge in [0.15, 0.2) is 0 Å². The molecular weight excluding hydrogens is 446 g/mol. The van der Waals surface area contributed by atoms with Crippen LogP contribution >= 0.6 is 0 Å². The number of esters is 2. The molecule has 2 aliphatic rings. The fourth-order valence-corrected chi connectivity index (χ4v) is 5.72. The molecule has 2 saturated carbocycles. The minimum Gasteiger partial charge on any atom is -0.465 e. The molecule has 4 N–H and O–H groups in total. The molecule has 1 amide bonds. The van der Waals surface area contributed by atoms with Crippen molar-refractivity contribution in [1.82, 2.24) is 5.32 Å². The van der Waals surface area contributed by atoms with Gasteiger partial charge in [-0.3, -0.25) is 15.0 Å². The van der Waals surface area contributed by atoms with E-state index in [0.29, 0.717) is 24.8 Å². The first kappa shape index (κ1) is 26.7. The minimum atomic E-state index is -1.82. The third kappa shape index (κ3) is 6.61. The lowest BCUT2D eigenvalue weighted by Gasteiger charge is -2.41. The average molecular weight is 486 g/mol. The highest BCUT2D eigenvalue weighted by Crippen LogP contribution is 2.37. The molecule has 0 saturated heterocycles. The first-order valence-electron chi connectivity index (χ1n) is 12.8. The van der Waals surface area contributed by atoms with E-state index >= 15 is 0 Å². The van der Waals surface area contributed by atoms with Crippen LogP contribution in [0.3, 0.4) is 0 Å². The predicted octanol–water partition coefficient (Wildman–Crippen LogP) is 3.84. The highest BCUT2D eigenvalue weighted by molar-refractivity contribution is 5.95. The van der Waals surface area contributed by atoms with Crippen molar-refractivity contribution in [2.75, 3.05) is 7.11 Å². The van der Waals surface area contributed by atoms with Crippen molar-refractivity contribution < 1.29 is 23.9 Å². The van der Waals surface area contributed by atoms with Gasteiger partial charge in [-0.15, -0.1) is 0 Å². The summed E-state index contributed by atoms with van der Waals surface area (Å²) in [7, 11) is 1.25. The molecule has 0 spiro atoms. The molecule has 1 unspecified atom stereocenters. The number of methoxy groups -OCH3 is 1. The van der Waals surface area contributed by atoms with E-state index in [1.54, 1.807) is 12.1 Å². The molecule has 8 heteroatoms. The van der Waals surface area contributed by atoms with E-state index in [1.165, 1.54) is 14.0 Å². The number of benzene rings is 1. The van der Waals surface area contributed by atoms with Crippen molar-refractivity contribution in [3.63, 3.8) is 0 Å². The minimum absolute atomic E-state index is 0.00477. The Morgan fingerprint density at radius 1 is 1.03 bits per heavy atom. The molecule has 2 fully saturated rings.